The molecule has 4 rings (SSSR count). The van der Waals surface area contributed by atoms with Crippen LogP contribution in [0.5, 0.6) is 0 Å². The van der Waals surface area contributed by atoms with E-state index in [1.54, 1.807) is 4.90 Å². The van der Waals surface area contributed by atoms with Crippen LogP contribution in [0.15, 0.2) is 42.6 Å². The molecule has 0 N–H and O–H groups in total. The average Bonchev–Trinajstić information content (AvgIpc) is 3.16. The van der Waals surface area contributed by atoms with Crippen LogP contribution in [-0.4, -0.2) is 57.8 Å². The maximum Gasteiger partial charge on any atom is 0.251 e. The Kier molecular flexibility index (Phi) is 5.26. The van der Waals surface area contributed by atoms with Gasteiger partial charge in [-0.15, -0.1) is 0 Å². The van der Waals surface area contributed by atoms with Gasteiger partial charge in [-0.2, -0.15) is 0 Å². The van der Waals surface area contributed by atoms with E-state index in [0.717, 1.165) is 16.9 Å². The smallest absolute Gasteiger partial charge is 0.251 e. The molecule has 2 saturated heterocycles. The van der Waals surface area contributed by atoms with Crippen LogP contribution < -0.4 is 4.90 Å². The van der Waals surface area contributed by atoms with Crippen LogP contribution >= 0.6 is 0 Å². The van der Waals surface area contributed by atoms with Gasteiger partial charge < -0.3 is 14.7 Å². The van der Waals surface area contributed by atoms with Crippen molar-refractivity contribution in [3.8, 4) is 0 Å². The van der Waals surface area contributed by atoms with Gasteiger partial charge in [-0.3, -0.25) is 9.59 Å². The lowest BCUT2D eigenvalue weighted by Gasteiger charge is -2.48. The van der Waals surface area contributed by atoms with E-state index in [1.807, 2.05) is 63.1 Å². The minimum absolute atomic E-state index is 0.00796. The fraction of sp³-hybridized carbons (Fsp3) is 0.458. The largest absolute Gasteiger partial charge is 0.354 e. The summed E-state index contributed by atoms with van der Waals surface area (Å²) in [4.78, 5) is 37.2. The van der Waals surface area contributed by atoms with Crippen LogP contribution in [0.2, 0.25) is 0 Å². The molecule has 2 aliphatic heterocycles. The second-order valence-corrected chi connectivity index (χ2v) is 8.89. The number of aryl methyl sites for hydroxylation is 2. The molecule has 6 nitrogen and oxygen atoms in total. The number of anilines is 1. The second-order valence-electron chi connectivity index (χ2n) is 8.89. The number of nitrogens with zero attached hydrogens (tertiary/aromatic N) is 4. The van der Waals surface area contributed by atoms with E-state index in [9.17, 15) is 9.59 Å². The average molecular weight is 407 g/mol. The van der Waals surface area contributed by atoms with Crippen molar-refractivity contribution in [2.75, 3.05) is 24.5 Å². The standard InChI is InChI=1S/C24H30N4O2/c1-17(2)27-15-22(29)28(14-20-8-5-18(3)6-9-20)24(23(27)30)11-12-26(16-24)21-10-7-19(4)13-25-21/h5-10,13,17H,11-12,14-16H2,1-4H3. The topological polar surface area (TPSA) is 56.8 Å². The molecule has 6 heteroatoms. The van der Waals surface area contributed by atoms with Crippen molar-refractivity contribution in [2.45, 2.75) is 52.2 Å². The molecule has 30 heavy (non-hydrogen) atoms. The van der Waals surface area contributed by atoms with E-state index < -0.39 is 5.54 Å². The van der Waals surface area contributed by atoms with Crippen LogP contribution in [-0.2, 0) is 16.1 Å². The molecule has 2 amide bonds. The molecule has 2 aromatic rings. The van der Waals surface area contributed by atoms with Crippen LogP contribution in [0.3, 0.4) is 0 Å². The van der Waals surface area contributed by atoms with Gasteiger partial charge in [0.2, 0.25) is 5.91 Å². The summed E-state index contributed by atoms with van der Waals surface area (Å²) in [5.41, 5.74) is 2.48. The van der Waals surface area contributed by atoms with Gasteiger partial charge in [0.25, 0.3) is 5.91 Å². The van der Waals surface area contributed by atoms with Gasteiger partial charge in [0.05, 0.1) is 6.54 Å². The highest BCUT2D eigenvalue weighted by molar-refractivity contribution is 5.99. The second kappa shape index (κ2) is 7.74. The molecule has 1 spiro atoms. The third-order valence-corrected chi connectivity index (χ3v) is 6.33. The highest BCUT2D eigenvalue weighted by Crippen LogP contribution is 2.37. The molecular formula is C24H30N4O2. The van der Waals surface area contributed by atoms with Crippen molar-refractivity contribution < 1.29 is 9.59 Å². The minimum Gasteiger partial charge on any atom is -0.354 e. The molecule has 2 fully saturated rings. The lowest BCUT2D eigenvalue weighted by Crippen LogP contribution is -2.69. The monoisotopic (exact) mass is 406 g/mol. The third kappa shape index (κ3) is 3.55. The number of benzene rings is 1. The first kappa shape index (κ1) is 20.4. The molecule has 2 aliphatic rings. The first-order valence-corrected chi connectivity index (χ1v) is 10.6. The molecule has 158 valence electrons. The van der Waals surface area contributed by atoms with Gasteiger partial charge in [0, 0.05) is 25.3 Å². The zero-order valence-corrected chi connectivity index (χ0v) is 18.3. The summed E-state index contributed by atoms with van der Waals surface area (Å²) in [6, 6.07) is 12.2. The first-order valence-electron chi connectivity index (χ1n) is 10.6. The number of carbonyl (C=O) groups is 2. The number of piperazine rings is 1. The zero-order chi connectivity index (χ0) is 21.5. The van der Waals surface area contributed by atoms with Crippen molar-refractivity contribution in [3.63, 3.8) is 0 Å². The van der Waals surface area contributed by atoms with E-state index in [0.29, 0.717) is 26.1 Å². The van der Waals surface area contributed by atoms with Crippen molar-refractivity contribution >= 4 is 17.6 Å². The fourth-order valence-electron chi connectivity index (χ4n) is 4.49. The Bertz CT molecular complexity index is 939. The van der Waals surface area contributed by atoms with Gasteiger partial charge in [-0.05, 0) is 51.3 Å². The summed E-state index contributed by atoms with van der Waals surface area (Å²) in [6.07, 6.45) is 2.46. The Hall–Kier alpha value is -2.89. The summed E-state index contributed by atoms with van der Waals surface area (Å²) in [5, 5.41) is 0. The van der Waals surface area contributed by atoms with E-state index in [1.165, 1.54) is 5.56 Å². The molecular weight excluding hydrogens is 376 g/mol. The van der Waals surface area contributed by atoms with E-state index >= 15 is 0 Å². The molecule has 0 radical (unpaired) electrons. The van der Waals surface area contributed by atoms with Crippen LogP contribution in [0.4, 0.5) is 5.82 Å². The minimum atomic E-state index is -0.850. The lowest BCUT2D eigenvalue weighted by molar-refractivity contribution is -0.166. The van der Waals surface area contributed by atoms with Gasteiger partial charge in [0.1, 0.15) is 17.9 Å². The molecule has 1 unspecified atom stereocenters. The summed E-state index contributed by atoms with van der Waals surface area (Å²) in [7, 11) is 0. The quantitative estimate of drug-likeness (QED) is 0.783. The summed E-state index contributed by atoms with van der Waals surface area (Å²) in [5.74, 6) is 0.927. The number of rotatable bonds is 4. The van der Waals surface area contributed by atoms with E-state index in [4.69, 9.17) is 0 Å². The van der Waals surface area contributed by atoms with Crippen molar-refractivity contribution in [3.05, 3.63) is 59.3 Å². The van der Waals surface area contributed by atoms with Crippen molar-refractivity contribution in [1.29, 1.82) is 0 Å². The van der Waals surface area contributed by atoms with Gasteiger partial charge >= 0.3 is 0 Å². The number of carbonyl (C=O) groups excluding carboxylic acids is 2. The van der Waals surface area contributed by atoms with Crippen molar-refractivity contribution in [1.82, 2.24) is 14.8 Å². The van der Waals surface area contributed by atoms with E-state index in [-0.39, 0.29) is 24.4 Å². The zero-order valence-electron chi connectivity index (χ0n) is 18.3. The first-order chi connectivity index (χ1) is 14.3. The Balaban J connectivity index is 1.68. The highest BCUT2D eigenvalue weighted by atomic mass is 16.2. The SMILES string of the molecule is Cc1ccc(CN2C(=O)CN(C(C)C)C(=O)C23CCN(c2ccc(C)cn2)C3)cc1. The molecule has 0 saturated carbocycles. The van der Waals surface area contributed by atoms with Crippen LogP contribution in [0.25, 0.3) is 0 Å². The van der Waals surface area contributed by atoms with Crippen LogP contribution in [0, 0.1) is 13.8 Å². The Morgan fingerprint density at radius 3 is 2.37 bits per heavy atom. The Morgan fingerprint density at radius 1 is 1.03 bits per heavy atom. The summed E-state index contributed by atoms with van der Waals surface area (Å²) >= 11 is 0. The predicted octanol–water partition coefficient (Wildman–Crippen LogP) is 2.93. The van der Waals surface area contributed by atoms with Gasteiger partial charge in [-0.25, -0.2) is 4.98 Å². The Morgan fingerprint density at radius 2 is 1.73 bits per heavy atom. The molecule has 0 aliphatic carbocycles. The number of pyridine rings is 1. The molecule has 3 heterocycles. The summed E-state index contributed by atoms with van der Waals surface area (Å²) in [6.45, 7) is 9.78. The van der Waals surface area contributed by atoms with Crippen molar-refractivity contribution in [2.24, 2.45) is 0 Å². The molecule has 0 bridgehead atoms. The highest BCUT2D eigenvalue weighted by Gasteiger charge is 2.56. The number of hydrogen-bond donors (Lipinski definition) is 0. The number of hydrogen-bond acceptors (Lipinski definition) is 4. The lowest BCUT2D eigenvalue weighted by atomic mass is 9.89. The molecule has 1 aromatic carbocycles. The predicted molar refractivity (Wildman–Crippen MR) is 117 cm³/mol. The van der Waals surface area contributed by atoms with E-state index in [2.05, 4.69) is 22.0 Å². The molecule has 1 atom stereocenters. The molecule has 1 aromatic heterocycles. The van der Waals surface area contributed by atoms with Crippen LogP contribution in [0.1, 0.15) is 37.0 Å². The number of amides is 2. The normalized spacial score (nSPS) is 22.0. The summed E-state index contributed by atoms with van der Waals surface area (Å²) < 4.78 is 0. The van der Waals surface area contributed by atoms with Gasteiger partial charge in [-0.1, -0.05) is 35.9 Å². The third-order valence-electron chi connectivity index (χ3n) is 6.33. The van der Waals surface area contributed by atoms with Gasteiger partial charge in [0.15, 0.2) is 0 Å². The maximum atomic E-state index is 13.7. The maximum absolute atomic E-state index is 13.7. The Labute approximate surface area is 178 Å². The fourth-order valence-corrected chi connectivity index (χ4v) is 4.49. The number of aromatic nitrogens is 1.